The van der Waals surface area contributed by atoms with Crippen molar-refractivity contribution in [2.24, 2.45) is 0 Å². The molecular weight excluding hydrogens is 153 g/mol. The zero-order valence-electron chi connectivity index (χ0n) is 7.90. The summed E-state index contributed by atoms with van der Waals surface area (Å²) in [5.41, 5.74) is 0. The van der Waals surface area contributed by atoms with Gasteiger partial charge < -0.3 is 5.32 Å². The lowest BCUT2D eigenvalue weighted by atomic mass is 10.0. The molecule has 2 unspecified atom stereocenters. The highest BCUT2D eigenvalue weighted by molar-refractivity contribution is 7.16. The zero-order chi connectivity index (χ0) is 8.53. The number of piperidine rings is 1. The maximum Gasteiger partial charge on any atom is 0.00702 e. The average molecular weight is 175 g/mol. The maximum atomic E-state index is 3.51. The van der Waals surface area contributed by atoms with Crippen LogP contribution in [0.2, 0.25) is 0 Å². The van der Waals surface area contributed by atoms with Gasteiger partial charge in [-0.1, -0.05) is 20.3 Å². The van der Waals surface area contributed by atoms with Crippen LogP contribution in [0.4, 0.5) is 0 Å². The highest BCUT2D eigenvalue weighted by Gasteiger charge is 2.09. The fraction of sp³-hybridized carbons (Fsp3) is 1.00. The zero-order valence-corrected chi connectivity index (χ0v) is 9.05. The van der Waals surface area contributed by atoms with E-state index in [0.29, 0.717) is 0 Å². The minimum Gasteiger partial charge on any atom is -0.314 e. The Morgan fingerprint density at radius 3 is 2.55 bits per heavy atom. The van der Waals surface area contributed by atoms with Crippen molar-refractivity contribution in [2.75, 3.05) is 12.7 Å². The molecule has 1 heterocycles. The molecule has 0 saturated carbocycles. The lowest BCUT2D eigenvalue weighted by Crippen LogP contribution is -2.34. The molecule has 11 heavy (non-hydrogen) atoms. The first-order chi connectivity index (χ1) is 5.43. The number of nitrogens with one attached hydrogen (secondary N) is 1. The van der Waals surface area contributed by atoms with E-state index in [1.807, 2.05) is 13.8 Å². The Balaban J connectivity index is 0.000000461. The van der Waals surface area contributed by atoms with E-state index in [4.69, 9.17) is 0 Å². The third kappa shape index (κ3) is 5.64. The van der Waals surface area contributed by atoms with Crippen LogP contribution in [-0.2, 0) is 0 Å². The van der Waals surface area contributed by atoms with E-state index in [0.717, 1.165) is 6.04 Å². The molecule has 2 heteroatoms. The molecule has 0 aromatic heterocycles. The molecule has 0 radical (unpaired) electrons. The van der Waals surface area contributed by atoms with Crippen molar-refractivity contribution in [1.82, 2.24) is 5.32 Å². The summed E-state index contributed by atoms with van der Waals surface area (Å²) in [4.78, 5) is 0. The highest BCUT2D eigenvalue weighted by atomic mass is 31.0. The summed E-state index contributed by atoms with van der Waals surface area (Å²) < 4.78 is 0. The van der Waals surface area contributed by atoms with E-state index in [-0.39, 0.29) is 0 Å². The summed E-state index contributed by atoms with van der Waals surface area (Å²) in [7, 11) is 2.79. The van der Waals surface area contributed by atoms with E-state index in [2.05, 4.69) is 14.6 Å². The Labute approximate surface area is 73.5 Å². The summed E-state index contributed by atoms with van der Waals surface area (Å²) in [5, 5.41) is 3.51. The summed E-state index contributed by atoms with van der Waals surface area (Å²) in [6.45, 7) is 5.25. The van der Waals surface area contributed by atoms with Crippen molar-refractivity contribution >= 4 is 9.24 Å². The second kappa shape index (κ2) is 8.49. The van der Waals surface area contributed by atoms with Crippen LogP contribution in [0.1, 0.15) is 39.5 Å². The van der Waals surface area contributed by atoms with Gasteiger partial charge in [0.05, 0.1) is 0 Å². The third-order valence-corrected chi connectivity index (χ3v) is 2.26. The lowest BCUT2D eigenvalue weighted by molar-refractivity contribution is 0.394. The van der Waals surface area contributed by atoms with Gasteiger partial charge in [0.2, 0.25) is 0 Å². The van der Waals surface area contributed by atoms with Crippen molar-refractivity contribution in [3.63, 3.8) is 0 Å². The molecule has 0 amide bonds. The van der Waals surface area contributed by atoms with E-state index >= 15 is 0 Å². The fourth-order valence-corrected chi connectivity index (χ4v) is 1.77. The average Bonchev–Trinajstić information content (AvgIpc) is 2.11. The largest absolute Gasteiger partial charge is 0.314 e. The lowest BCUT2D eigenvalue weighted by Gasteiger charge is -2.22. The van der Waals surface area contributed by atoms with Gasteiger partial charge in [-0.05, 0) is 32.0 Å². The van der Waals surface area contributed by atoms with Crippen LogP contribution in [0.25, 0.3) is 0 Å². The molecule has 1 saturated heterocycles. The summed E-state index contributed by atoms with van der Waals surface area (Å²) >= 11 is 0. The van der Waals surface area contributed by atoms with E-state index in [9.17, 15) is 0 Å². The molecule has 0 aromatic rings. The standard InChI is InChI=1S/C7H16NP.C2H6/c9-6-4-7-3-1-2-5-8-7;1-2/h7-8H,1-6,9H2;1-2H3. The molecule has 1 nitrogen and oxygen atoms in total. The van der Waals surface area contributed by atoms with Crippen LogP contribution >= 0.6 is 9.24 Å². The third-order valence-electron chi connectivity index (χ3n) is 1.93. The predicted octanol–water partition coefficient (Wildman–Crippen LogP) is 2.42. The monoisotopic (exact) mass is 175 g/mol. The van der Waals surface area contributed by atoms with Gasteiger partial charge in [0, 0.05) is 6.04 Å². The molecule has 68 valence electrons. The first-order valence-electron chi connectivity index (χ1n) is 4.87. The fourth-order valence-electron chi connectivity index (χ4n) is 1.37. The quantitative estimate of drug-likeness (QED) is 0.635. The minimum atomic E-state index is 0.830. The summed E-state index contributed by atoms with van der Waals surface area (Å²) in [5.74, 6) is 0. The Bertz CT molecular complexity index is 67.2. The van der Waals surface area contributed by atoms with Crippen molar-refractivity contribution < 1.29 is 0 Å². The smallest absolute Gasteiger partial charge is 0.00702 e. The van der Waals surface area contributed by atoms with Gasteiger partial charge in [-0.2, -0.15) is 0 Å². The van der Waals surface area contributed by atoms with Gasteiger partial charge in [-0.15, -0.1) is 9.24 Å². The number of hydrogen-bond acceptors (Lipinski definition) is 1. The minimum absolute atomic E-state index is 0.830. The Morgan fingerprint density at radius 2 is 2.09 bits per heavy atom. The number of hydrogen-bond donors (Lipinski definition) is 1. The first-order valence-corrected chi connectivity index (χ1v) is 5.68. The van der Waals surface area contributed by atoms with Crippen molar-refractivity contribution in [3.05, 3.63) is 0 Å². The number of rotatable bonds is 2. The molecule has 1 aliphatic rings. The van der Waals surface area contributed by atoms with Gasteiger partial charge in [0.1, 0.15) is 0 Å². The molecule has 1 rings (SSSR count). The second-order valence-corrected chi connectivity index (χ2v) is 3.30. The van der Waals surface area contributed by atoms with Crippen LogP contribution in [0.5, 0.6) is 0 Å². The van der Waals surface area contributed by atoms with Crippen LogP contribution in [0.15, 0.2) is 0 Å². The van der Waals surface area contributed by atoms with Gasteiger partial charge in [0.25, 0.3) is 0 Å². The summed E-state index contributed by atoms with van der Waals surface area (Å²) in [6.07, 6.45) is 6.80. The SMILES string of the molecule is CC.PCCC1CCCCN1. The molecule has 0 aliphatic carbocycles. The topological polar surface area (TPSA) is 12.0 Å². The normalized spacial score (nSPS) is 23.7. The molecule has 2 atom stereocenters. The van der Waals surface area contributed by atoms with Gasteiger partial charge in [0.15, 0.2) is 0 Å². The van der Waals surface area contributed by atoms with Crippen LogP contribution in [0, 0.1) is 0 Å². The van der Waals surface area contributed by atoms with Crippen molar-refractivity contribution in [3.8, 4) is 0 Å². The van der Waals surface area contributed by atoms with Crippen molar-refractivity contribution in [1.29, 1.82) is 0 Å². The second-order valence-electron chi connectivity index (χ2n) is 2.72. The molecule has 0 spiro atoms. The Hall–Kier alpha value is 0.390. The molecule has 1 N–H and O–H groups in total. The molecular formula is C9H22NP. The van der Waals surface area contributed by atoms with E-state index in [1.54, 1.807) is 0 Å². The Morgan fingerprint density at radius 1 is 1.36 bits per heavy atom. The summed E-state index contributed by atoms with van der Waals surface area (Å²) in [6, 6.07) is 0.830. The Kier molecular flexibility index (Phi) is 8.79. The van der Waals surface area contributed by atoms with Gasteiger partial charge >= 0.3 is 0 Å². The molecule has 1 aliphatic heterocycles. The predicted molar refractivity (Wildman–Crippen MR) is 56.2 cm³/mol. The molecule has 1 fully saturated rings. The first kappa shape index (κ1) is 11.4. The van der Waals surface area contributed by atoms with Crippen LogP contribution in [0.3, 0.4) is 0 Å². The van der Waals surface area contributed by atoms with Crippen LogP contribution < -0.4 is 5.32 Å². The molecule has 0 bridgehead atoms. The van der Waals surface area contributed by atoms with E-state index < -0.39 is 0 Å². The maximum absolute atomic E-state index is 3.51. The van der Waals surface area contributed by atoms with E-state index in [1.165, 1.54) is 38.4 Å². The van der Waals surface area contributed by atoms with Crippen molar-refractivity contribution in [2.45, 2.75) is 45.6 Å². The highest BCUT2D eigenvalue weighted by Crippen LogP contribution is 2.10. The van der Waals surface area contributed by atoms with Gasteiger partial charge in [-0.25, -0.2) is 0 Å². The molecule has 0 aromatic carbocycles. The van der Waals surface area contributed by atoms with Gasteiger partial charge in [-0.3, -0.25) is 0 Å². The van der Waals surface area contributed by atoms with Crippen LogP contribution in [-0.4, -0.2) is 18.7 Å².